The van der Waals surface area contributed by atoms with E-state index in [4.69, 9.17) is 5.73 Å². The van der Waals surface area contributed by atoms with Gasteiger partial charge in [0.15, 0.2) is 0 Å². The van der Waals surface area contributed by atoms with E-state index < -0.39 is 0 Å². The number of nitrogen functional groups attached to an aromatic ring is 1. The molecule has 0 bridgehead atoms. The van der Waals surface area contributed by atoms with Crippen LogP contribution in [0, 0.1) is 0 Å². The van der Waals surface area contributed by atoms with Gasteiger partial charge in [0.1, 0.15) is 5.82 Å². The highest BCUT2D eigenvalue weighted by molar-refractivity contribution is 5.22. The molecule has 13 heavy (non-hydrogen) atoms. The van der Waals surface area contributed by atoms with Crippen LogP contribution in [-0.2, 0) is 6.54 Å². The highest BCUT2D eigenvalue weighted by atomic mass is 15.1. The van der Waals surface area contributed by atoms with Gasteiger partial charge in [0.25, 0.3) is 0 Å². The van der Waals surface area contributed by atoms with Gasteiger partial charge < -0.3 is 5.73 Å². The quantitative estimate of drug-likeness (QED) is 0.748. The first kappa shape index (κ1) is 9.92. The van der Waals surface area contributed by atoms with Crippen molar-refractivity contribution in [2.75, 3.05) is 18.8 Å². The molecule has 72 valence electrons. The molecule has 0 radical (unpaired) electrons. The summed E-state index contributed by atoms with van der Waals surface area (Å²) in [6.45, 7) is 7.17. The molecule has 0 saturated carbocycles. The lowest BCUT2D eigenvalue weighted by molar-refractivity contribution is 0.292. The number of hydrogen-bond donors (Lipinski definition) is 1. The highest BCUT2D eigenvalue weighted by Crippen LogP contribution is 2.00. The Kier molecular flexibility index (Phi) is 3.64. The molecule has 1 heterocycles. The van der Waals surface area contributed by atoms with Gasteiger partial charge >= 0.3 is 0 Å². The van der Waals surface area contributed by atoms with Crippen LogP contribution in [0.3, 0.4) is 0 Å². The van der Waals surface area contributed by atoms with Gasteiger partial charge in [-0.25, -0.2) is 4.98 Å². The van der Waals surface area contributed by atoms with Gasteiger partial charge in [-0.1, -0.05) is 13.8 Å². The predicted octanol–water partition coefficient (Wildman–Crippen LogP) is 0.901. The molecule has 0 aliphatic carbocycles. The van der Waals surface area contributed by atoms with Gasteiger partial charge in [-0.3, -0.25) is 9.88 Å². The van der Waals surface area contributed by atoms with Crippen LogP contribution >= 0.6 is 0 Å². The Morgan fingerprint density at radius 1 is 1.23 bits per heavy atom. The van der Waals surface area contributed by atoms with Crippen LogP contribution in [0.2, 0.25) is 0 Å². The summed E-state index contributed by atoms with van der Waals surface area (Å²) < 4.78 is 0. The summed E-state index contributed by atoms with van der Waals surface area (Å²) in [4.78, 5) is 10.5. The van der Waals surface area contributed by atoms with E-state index >= 15 is 0 Å². The van der Waals surface area contributed by atoms with E-state index in [-0.39, 0.29) is 0 Å². The van der Waals surface area contributed by atoms with Crippen LogP contribution in [0.25, 0.3) is 0 Å². The van der Waals surface area contributed by atoms with Crippen molar-refractivity contribution in [1.82, 2.24) is 14.9 Å². The molecule has 0 aliphatic rings. The van der Waals surface area contributed by atoms with Gasteiger partial charge in [0.05, 0.1) is 18.1 Å². The van der Waals surface area contributed by atoms with Crippen molar-refractivity contribution >= 4 is 5.82 Å². The third-order valence-corrected chi connectivity index (χ3v) is 2.01. The van der Waals surface area contributed by atoms with Crippen LogP contribution in [0.5, 0.6) is 0 Å². The lowest BCUT2D eigenvalue weighted by Crippen LogP contribution is -2.22. The van der Waals surface area contributed by atoms with E-state index in [0.717, 1.165) is 25.3 Å². The van der Waals surface area contributed by atoms with Crippen molar-refractivity contribution in [3.05, 3.63) is 18.1 Å². The van der Waals surface area contributed by atoms with E-state index in [0.29, 0.717) is 5.82 Å². The summed E-state index contributed by atoms with van der Waals surface area (Å²) in [6.07, 6.45) is 3.33. The molecule has 0 unspecified atom stereocenters. The maximum absolute atomic E-state index is 5.44. The number of hydrogen-bond acceptors (Lipinski definition) is 4. The fourth-order valence-electron chi connectivity index (χ4n) is 1.12. The molecular weight excluding hydrogens is 164 g/mol. The lowest BCUT2D eigenvalue weighted by Gasteiger charge is -2.16. The van der Waals surface area contributed by atoms with Crippen molar-refractivity contribution in [3.63, 3.8) is 0 Å². The molecule has 4 heteroatoms. The van der Waals surface area contributed by atoms with E-state index in [1.807, 2.05) is 0 Å². The van der Waals surface area contributed by atoms with Gasteiger partial charge in [-0.15, -0.1) is 0 Å². The second-order valence-electron chi connectivity index (χ2n) is 2.89. The molecule has 0 saturated heterocycles. The molecule has 1 rings (SSSR count). The monoisotopic (exact) mass is 180 g/mol. The van der Waals surface area contributed by atoms with Gasteiger partial charge in [-0.2, -0.15) is 0 Å². The fourth-order valence-corrected chi connectivity index (χ4v) is 1.12. The maximum Gasteiger partial charge on any atom is 0.141 e. The minimum absolute atomic E-state index is 0.475. The normalized spacial score (nSPS) is 10.7. The number of rotatable bonds is 4. The molecule has 1 aromatic rings. The molecule has 0 spiro atoms. The van der Waals surface area contributed by atoms with E-state index in [9.17, 15) is 0 Å². The Labute approximate surface area is 78.8 Å². The second-order valence-corrected chi connectivity index (χ2v) is 2.89. The van der Waals surface area contributed by atoms with Crippen molar-refractivity contribution in [3.8, 4) is 0 Å². The molecule has 0 aromatic carbocycles. The molecule has 2 N–H and O–H groups in total. The number of aromatic nitrogens is 2. The zero-order valence-corrected chi connectivity index (χ0v) is 8.20. The van der Waals surface area contributed by atoms with Crippen molar-refractivity contribution in [1.29, 1.82) is 0 Å². The van der Waals surface area contributed by atoms with Crippen LogP contribution in [0.4, 0.5) is 5.82 Å². The van der Waals surface area contributed by atoms with Crippen LogP contribution in [-0.4, -0.2) is 28.0 Å². The Hall–Kier alpha value is -1.16. The van der Waals surface area contributed by atoms with Crippen LogP contribution in [0.15, 0.2) is 12.4 Å². The average molecular weight is 180 g/mol. The molecule has 0 atom stereocenters. The van der Waals surface area contributed by atoms with Gasteiger partial charge in [0, 0.05) is 6.54 Å². The molecule has 0 amide bonds. The summed E-state index contributed by atoms with van der Waals surface area (Å²) in [5.74, 6) is 0.475. The molecule has 0 fully saturated rings. The summed E-state index contributed by atoms with van der Waals surface area (Å²) in [5.41, 5.74) is 6.41. The summed E-state index contributed by atoms with van der Waals surface area (Å²) >= 11 is 0. The lowest BCUT2D eigenvalue weighted by atomic mass is 10.4. The number of nitrogens with zero attached hydrogens (tertiary/aromatic N) is 3. The molecular formula is C9H16N4. The summed E-state index contributed by atoms with van der Waals surface area (Å²) in [6, 6.07) is 0. The SMILES string of the molecule is CCN(CC)Cc1cnc(N)cn1. The van der Waals surface area contributed by atoms with E-state index in [2.05, 4.69) is 28.7 Å². The largest absolute Gasteiger partial charge is 0.382 e. The minimum atomic E-state index is 0.475. The van der Waals surface area contributed by atoms with Crippen molar-refractivity contribution in [2.45, 2.75) is 20.4 Å². The van der Waals surface area contributed by atoms with Crippen molar-refractivity contribution in [2.24, 2.45) is 0 Å². The van der Waals surface area contributed by atoms with Crippen molar-refractivity contribution < 1.29 is 0 Å². The van der Waals surface area contributed by atoms with Crippen LogP contribution < -0.4 is 5.73 Å². The van der Waals surface area contributed by atoms with E-state index in [1.54, 1.807) is 12.4 Å². The Morgan fingerprint density at radius 3 is 2.38 bits per heavy atom. The zero-order valence-electron chi connectivity index (χ0n) is 8.20. The smallest absolute Gasteiger partial charge is 0.141 e. The molecule has 4 nitrogen and oxygen atoms in total. The van der Waals surface area contributed by atoms with E-state index in [1.165, 1.54) is 0 Å². The van der Waals surface area contributed by atoms with Crippen LogP contribution in [0.1, 0.15) is 19.5 Å². The topological polar surface area (TPSA) is 55.0 Å². The Balaban J connectivity index is 2.58. The first-order chi connectivity index (χ1) is 6.26. The first-order valence-electron chi connectivity index (χ1n) is 4.55. The van der Waals surface area contributed by atoms with Gasteiger partial charge in [-0.05, 0) is 13.1 Å². The third kappa shape index (κ3) is 2.99. The Morgan fingerprint density at radius 2 is 1.92 bits per heavy atom. The fraction of sp³-hybridized carbons (Fsp3) is 0.556. The molecule has 0 aliphatic heterocycles. The highest BCUT2D eigenvalue weighted by Gasteiger charge is 2.01. The Bertz CT molecular complexity index is 240. The summed E-state index contributed by atoms with van der Waals surface area (Å²) in [7, 11) is 0. The second kappa shape index (κ2) is 4.77. The average Bonchev–Trinajstić information content (AvgIpc) is 2.17. The molecule has 1 aromatic heterocycles. The zero-order chi connectivity index (χ0) is 9.68. The predicted molar refractivity (Wildman–Crippen MR) is 53.1 cm³/mol. The number of anilines is 1. The standard InChI is InChI=1S/C9H16N4/c1-3-13(4-2)7-8-5-12-9(10)6-11-8/h5-6H,3-4,7H2,1-2H3,(H2,10,12). The third-order valence-electron chi connectivity index (χ3n) is 2.01. The number of nitrogens with two attached hydrogens (primary N) is 1. The summed E-state index contributed by atoms with van der Waals surface area (Å²) in [5, 5.41) is 0. The van der Waals surface area contributed by atoms with Gasteiger partial charge in [0.2, 0.25) is 0 Å². The minimum Gasteiger partial charge on any atom is -0.382 e. The first-order valence-corrected chi connectivity index (χ1v) is 4.55. The maximum atomic E-state index is 5.44.